The number of ketones is 1. The number of hydrogen-bond donors (Lipinski definition) is 1. The van der Waals surface area contributed by atoms with Crippen LogP contribution in [0.1, 0.15) is 50.9 Å². The third kappa shape index (κ3) is 4.24. The van der Waals surface area contributed by atoms with Crippen LogP contribution in [0.4, 0.5) is 5.88 Å². The summed E-state index contributed by atoms with van der Waals surface area (Å²) in [6.07, 6.45) is 0. The minimum absolute atomic E-state index is 0.0167. The molecule has 3 rings (SSSR count). The average Bonchev–Trinajstić information content (AvgIpc) is 3.27. The molecule has 1 amide bonds. The Bertz CT molecular complexity index is 1100. The molecular weight excluding hydrogens is 394 g/mol. The number of Topliss-reactive ketones (excluding diaryl/α,β-unsaturated/α-hetero) is 1. The second-order valence-corrected chi connectivity index (χ2v) is 6.29. The molecule has 1 aromatic carbocycles. The van der Waals surface area contributed by atoms with E-state index in [0.717, 1.165) is 5.39 Å². The Kier molecular flexibility index (Phi) is 6.01. The lowest BCUT2D eigenvalue weighted by Crippen LogP contribution is -2.22. The van der Waals surface area contributed by atoms with Crippen molar-refractivity contribution in [3.05, 3.63) is 53.0 Å². The Morgan fingerprint density at radius 1 is 1.00 bits per heavy atom. The van der Waals surface area contributed by atoms with Gasteiger partial charge in [0.1, 0.15) is 16.9 Å². The lowest BCUT2D eigenvalue weighted by atomic mass is 10.1. The van der Waals surface area contributed by atoms with Gasteiger partial charge in [-0.25, -0.2) is 9.59 Å². The minimum Gasteiger partial charge on any atom is -0.462 e. The van der Waals surface area contributed by atoms with Gasteiger partial charge in [0.05, 0.1) is 12.2 Å². The van der Waals surface area contributed by atoms with E-state index >= 15 is 0 Å². The summed E-state index contributed by atoms with van der Waals surface area (Å²) in [4.78, 5) is 48.5. The van der Waals surface area contributed by atoms with E-state index in [2.05, 4.69) is 5.32 Å². The van der Waals surface area contributed by atoms with Crippen LogP contribution >= 0.6 is 0 Å². The number of nitrogens with one attached hydrogen (secondary N) is 1. The van der Waals surface area contributed by atoms with Crippen LogP contribution in [0.5, 0.6) is 0 Å². The minimum atomic E-state index is -0.827. The van der Waals surface area contributed by atoms with Gasteiger partial charge in [-0.3, -0.25) is 14.9 Å². The molecule has 1 N–H and O–H groups in total. The fourth-order valence-electron chi connectivity index (χ4n) is 2.90. The molecule has 0 aliphatic rings. The molecule has 156 valence electrons. The molecule has 0 aliphatic carbocycles. The molecule has 0 spiro atoms. The molecule has 0 atom stereocenters. The summed E-state index contributed by atoms with van der Waals surface area (Å²) in [6, 6.07) is 8.52. The van der Waals surface area contributed by atoms with Gasteiger partial charge in [0.15, 0.2) is 12.4 Å². The van der Waals surface area contributed by atoms with Crippen molar-refractivity contribution in [2.45, 2.75) is 20.8 Å². The van der Waals surface area contributed by atoms with Crippen molar-refractivity contribution in [2.24, 2.45) is 0 Å². The lowest BCUT2D eigenvalue weighted by molar-refractivity contribution is -0.119. The molecule has 30 heavy (non-hydrogen) atoms. The van der Waals surface area contributed by atoms with E-state index in [1.54, 1.807) is 31.2 Å². The molecule has 0 saturated carbocycles. The van der Waals surface area contributed by atoms with E-state index in [9.17, 15) is 19.2 Å². The Morgan fingerprint density at radius 3 is 2.40 bits per heavy atom. The van der Waals surface area contributed by atoms with Crippen LogP contribution in [-0.2, 0) is 14.3 Å². The number of benzene rings is 1. The SMILES string of the molecule is CCOC(=O)c1c(NC(=O)COC(=O)c2cc3ccccc3o2)oc(C)c1C(C)=O. The average molecular weight is 413 g/mol. The number of amides is 1. The van der Waals surface area contributed by atoms with Crippen molar-refractivity contribution in [3.8, 4) is 0 Å². The number of carbonyl (C=O) groups excluding carboxylic acids is 4. The number of hydrogen-bond acceptors (Lipinski definition) is 8. The van der Waals surface area contributed by atoms with Crippen LogP contribution in [0.3, 0.4) is 0 Å². The standard InChI is InChI=1S/C21H19NO8/c1-4-27-21(26)18-17(11(2)23)12(3)29-19(18)22-16(24)10-28-20(25)15-9-13-7-5-6-8-14(13)30-15/h5-9H,4,10H2,1-3H3,(H,22,24). The molecule has 9 nitrogen and oxygen atoms in total. The van der Waals surface area contributed by atoms with Gasteiger partial charge in [0.2, 0.25) is 11.6 Å². The number of anilines is 1. The third-order valence-corrected chi connectivity index (χ3v) is 4.13. The zero-order valence-electron chi connectivity index (χ0n) is 16.6. The van der Waals surface area contributed by atoms with Gasteiger partial charge in [0, 0.05) is 5.39 Å². The predicted molar refractivity (Wildman–Crippen MR) is 105 cm³/mol. The number of rotatable bonds is 7. The van der Waals surface area contributed by atoms with Crippen LogP contribution in [0, 0.1) is 6.92 Å². The molecule has 0 bridgehead atoms. The second kappa shape index (κ2) is 8.64. The molecular formula is C21H19NO8. The summed E-state index contributed by atoms with van der Waals surface area (Å²) >= 11 is 0. The van der Waals surface area contributed by atoms with E-state index in [1.165, 1.54) is 19.9 Å². The van der Waals surface area contributed by atoms with E-state index in [-0.39, 0.29) is 35.1 Å². The monoisotopic (exact) mass is 413 g/mol. The van der Waals surface area contributed by atoms with Crippen LogP contribution in [0.15, 0.2) is 39.2 Å². The Morgan fingerprint density at radius 2 is 1.73 bits per heavy atom. The second-order valence-electron chi connectivity index (χ2n) is 6.29. The first-order chi connectivity index (χ1) is 14.3. The highest BCUT2D eigenvalue weighted by atomic mass is 16.5. The van der Waals surface area contributed by atoms with Gasteiger partial charge in [0.25, 0.3) is 5.91 Å². The van der Waals surface area contributed by atoms with Crippen LogP contribution in [0.25, 0.3) is 11.0 Å². The first-order valence-corrected chi connectivity index (χ1v) is 9.08. The highest BCUT2D eigenvalue weighted by molar-refractivity contribution is 6.11. The molecule has 2 heterocycles. The summed E-state index contributed by atoms with van der Waals surface area (Å²) in [7, 11) is 0. The highest BCUT2D eigenvalue weighted by Crippen LogP contribution is 2.28. The normalized spacial score (nSPS) is 10.6. The van der Waals surface area contributed by atoms with Crippen molar-refractivity contribution in [2.75, 3.05) is 18.5 Å². The zero-order chi connectivity index (χ0) is 21.8. The smallest absolute Gasteiger partial charge is 0.374 e. The van der Waals surface area contributed by atoms with E-state index < -0.39 is 30.2 Å². The molecule has 0 fully saturated rings. The Labute approximate surface area is 170 Å². The summed E-state index contributed by atoms with van der Waals surface area (Å²) in [5.74, 6) is -2.98. The van der Waals surface area contributed by atoms with Crippen molar-refractivity contribution >= 4 is 40.5 Å². The van der Waals surface area contributed by atoms with E-state index in [0.29, 0.717) is 5.58 Å². The molecule has 2 aromatic heterocycles. The number of carbonyl (C=O) groups is 4. The van der Waals surface area contributed by atoms with Crippen molar-refractivity contribution < 1.29 is 37.5 Å². The molecule has 0 unspecified atom stereocenters. The summed E-state index contributed by atoms with van der Waals surface area (Å²) in [6.45, 7) is 3.77. The number of ether oxygens (including phenoxy) is 2. The van der Waals surface area contributed by atoms with Gasteiger partial charge in [-0.15, -0.1) is 0 Å². The summed E-state index contributed by atoms with van der Waals surface area (Å²) < 4.78 is 20.6. The molecule has 9 heteroatoms. The maximum atomic E-state index is 12.2. The van der Waals surface area contributed by atoms with E-state index in [4.69, 9.17) is 18.3 Å². The van der Waals surface area contributed by atoms with Gasteiger partial charge < -0.3 is 18.3 Å². The first kappa shape index (κ1) is 20.8. The number of fused-ring (bicyclic) bond motifs is 1. The summed E-state index contributed by atoms with van der Waals surface area (Å²) in [5.41, 5.74) is 0.345. The van der Waals surface area contributed by atoms with Crippen LogP contribution in [-0.4, -0.2) is 36.8 Å². The maximum Gasteiger partial charge on any atom is 0.374 e. The number of esters is 2. The first-order valence-electron chi connectivity index (χ1n) is 9.08. The van der Waals surface area contributed by atoms with Crippen molar-refractivity contribution in [3.63, 3.8) is 0 Å². The fraction of sp³-hybridized carbons (Fsp3) is 0.238. The molecule has 0 saturated heterocycles. The van der Waals surface area contributed by atoms with Gasteiger partial charge in [-0.1, -0.05) is 18.2 Å². The number of furan rings is 2. The number of para-hydroxylation sites is 1. The molecule has 3 aromatic rings. The van der Waals surface area contributed by atoms with E-state index in [1.807, 2.05) is 0 Å². The van der Waals surface area contributed by atoms with Gasteiger partial charge in [-0.2, -0.15) is 0 Å². The van der Waals surface area contributed by atoms with Crippen molar-refractivity contribution in [1.29, 1.82) is 0 Å². The van der Waals surface area contributed by atoms with Gasteiger partial charge in [-0.05, 0) is 32.9 Å². The van der Waals surface area contributed by atoms with Gasteiger partial charge >= 0.3 is 11.9 Å². The zero-order valence-corrected chi connectivity index (χ0v) is 16.6. The maximum absolute atomic E-state index is 12.2. The Hall–Kier alpha value is -3.88. The predicted octanol–water partition coefficient (Wildman–Crippen LogP) is 3.51. The third-order valence-electron chi connectivity index (χ3n) is 4.13. The molecule has 0 radical (unpaired) electrons. The van der Waals surface area contributed by atoms with Crippen molar-refractivity contribution in [1.82, 2.24) is 0 Å². The topological polar surface area (TPSA) is 125 Å². The number of aryl methyl sites for hydroxylation is 1. The largest absolute Gasteiger partial charge is 0.462 e. The van der Waals surface area contributed by atoms with Crippen LogP contribution in [0.2, 0.25) is 0 Å². The Balaban J connectivity index is 1.71. The van der Waals surface area contributed by atoms with Crippen LogP contribution < -0.4 is 5.32 Å². The quantitative estimate of drug-likeness (QED) is 0.461. The highest BCUT2D eigenvalue weighted by Gasteiger charge is 2.29. The molecule has 0 aliphatic heterocycles. The lowest BCUT2D eigenvalue weighted by Gasteiger charge is -2.06. The fourth-order valence-corrected chi connectivity index (χ4v) is 2.90. The summed E-state index contributed by atoms with van der Waals surface area (Å²) in [5, 5.41) is 3.05.